The molecule has 2 aromatic carbocycles. The van der Waals surface area contributed by atoms with Crippen molar-refractivity contribution < 1.29 is 32.6 Å². The number of carbonyl (C=O) groups is 2. The first-order valence-electron chi connectivity index (χ1n) is 11.2. The van der Waals surface area contributed by atoms with Crippen LogP contribution in [0.2, 0.25) is 0 Å². The minimum Gasteiger partial charge on any atom is -0.493 e. The maximum Gasteiger partial charge on any atom is 0.354 e. The summed E-state index contributed by atoms with van der Waals surface area (Å²) in [4.78, 5) is 28.2. The molecule has 0 saturated carbocycles. The topological polar surface area (TPSA) is 91.1 Å². The molecule has 2 aliphatic heterocycles. The normalized spacial score (nSPS) is 21.1. The number of hydrogen-bond donors (Lipinski definition) is 1. The summed E-state index contributed by atoms with van der Waals surface area (Å²) in [6.07, 6.45) is 1.86. The number of carbonyl (C=O) groups excluding carboxylic acids is 2. The van der Waals surface area contributed by atoms with E-state index in [1.807, 2.05) is 0 Å². The third-order valence-electron chi connectivity index (χ3n) is 6.37. The first-order chi connectivity index (χ1) is 16.4. The summed E-state index contributed by atoms with van der Waals surface area (Å²) >= 11 is 0. The van der Waals surface area contributed by atoms with Crippen LogP contribution in [0.1, 0.15) is 43.5 Å². The number of hydrogen-bond acceptors (Lipinski definition) is 6. The second-order valence-electron chi connectivity index (χ2n) is 9.64. The number of fused-ring (bicyclic) bond motifs is 3. The molecular formula is C26H28F2N2O5. The lowest BCUT2D eigenvalue weighted by Gasteiger charge is -2.42. The third kappa shape index (κ3) is 3.98. The van der Waals surface area contributed by atoms with Gasteiger partial charge in [-0.2, -0.15) is 0 Å². The summed E-state index contributed by atoms with van der Waals surface area (Å²) in [5, 5.41) is 0. The Morgan fingerprint density at radius 3 is 2.31 bits per heavy atom. The molecule has 4 rings (SSSR count). The zero-order valence-electron chi connectivity index (χ0n) is 20.3. The number of rotatable bonds is 5. The lowest BCUT2D eigenvalue weighted by Crippen LogP contribution is -2.49. The highest BCUT2D eigenvalue weighted by atomic mass is 19.1. The lowest BCUT2D eigenvalue weighted by molar-refractivity contribution is -0.152. The van der Waals surface area contributed by atoms with Gasteiger partial charge in [0, 0.05) is 18.2 Å². The molecule has 7 nitrogen and oxygen atoms in total. The van der Waals surface area contributed by atoms with Gasteiger partial charge in [-0.1, -0.05) is 6.07 Å². The molecule has 2 heterocycles. The van der Waals surface area contributed by atoms with Gasteiger partial charge in [0.1, 0.15) is 28.3 Å². The number of amides is 1. The van der Waals surface area contributed by atoms with E-state index in [0.29, 0.717) is 36.1 Å². The van der Waals surface area contributed by atoms with Crippen molar-refractivity contribution >= 4 is 11.9 Å². The second kappa shape index (κ2) is 8.55. The number of halogens is 2. The van der Waals surface area contributed by atoms with Crippen molar-refractivity contribution in [2.24, 2.45) is 5.73 Å². The summed E-state index contributed by atoms with van der Waals surface area (Å²) < 4.78 is 45.6. The van der Waals surface area contributed by atoms with Crippen LogP contribution in [0.4, 0.5) is 8.78 Å². The van der Waals surface area contributed by atoms with Crippen molar-refractivity contribution in [3.63, 3.8) is 0 Å². The SMILES string of the molecule is COc1cc2c(cc1OC)C1N(CC2)C(C(=O)OC(C)(C)C)=CC1(C(N)=O)c1ccc(F)cc1F. The van der Waals surface area contributed by atoms with Gasteiger partial charge < -0.3 is 24.8 Å². The molecule has 2 aliphatic rings. The number of primary amides is 1. The first kappa shape index (κ1) is 24.5. The summed E-state index contributed by atoms with van der Waals surface area (Å²) in [5.41, 5.74) is 4.74. The minimum absolute atomic E-state index is 0.0906. The summed E-state index contributed by atoms with van der Waals surface area (Å²) in [5.74, 6) is -2.41. The number of benzene rings is 2. The molecule has 2 aromatic rings. The Bertz CT molecular complexity index is 1240. The standard InChI is InChI=1S/C26H28F2N2O5/c1-25(2,3)35-23(31)19-13-26(24(29)32,17-7-6-15(27)11-18(17)28)22-16-12-21(34-5)20(33-4)10-14(16)8-9-30(19)22/h6-7,10-13,22H,8-9H2,1-5H3,(H2,29,32). The highest BCUT2D eigenvalue weighted by Crippen LogP contribution is 2.54. The number of methoxy groups -OCH3 is 2. The van der Waals surface area contributed by atoms with Gasteiger partial charge in [-0.25, -0.2) is 13.6 Å². The van der Waals surface area contributed by atoms with Crippen molar-refractivity contribution in [1.29, 1.82) is 0 Å². The van der Waals surface area contributed by atoms with Crippen LogP contribution >= 0.6 is 0 Å². The van der Waals surface area contributed by atoms with Crippen LogP contribution in [0.5, 0.6) is 11.5 Å². The summed E-state index contributed by atoms with van der Waals surface area (Å²) in [7, 11) is 2.99. The van der Waals surface area contributed by atoms with Crippen molar-refractivity contribution in [3.8, 4) is 11.5 Å². The molecule has 0 aliphatic carbocycles. The molecule has 2 N–H and O–H groups in total. The van der Waals surface area contributed by atoms with Gasteiger partial charge >= 0.3 is 5.97 Å². The van der Waals surface area contributed by atoms with Gasteiger partial charge in [0.15, 0.2) is 11.5 Å². The van der Waals surface area contributed by atoms with E-state index in [1.54, 1.807) is 37.8 Å². The van der Waals surface area contributed by atoms with E-state index >= 15 is 4.39 Å². The van der Waals surface area contributed by atoms with Gasteiger partial charge in [-0.05, 0) is 62.6 Å². The highest BCUT2D eigenvalue weighted by Gasteiger charge is 2.57. The quantitative estimate of drug-likeness (QED) is 0.650. The zero-order valence-corrected chi connectivity index (χ0v) is 20.3. The van der Waals surface area contributed by atoms with Gasteiger partial charge in [0.25, 0.3) is 0 Å². The predicted molar refractivity (Wildman–Crippen MR) is 124 cm³/mol. The van der Waals surface area contributed by atoms with E-state index in [1.165, 1.54) is 26.4 Å². The second-order valence-corrected chi connectivity index (χ2v) is 9.64. The summed E-state index contributed by atoms with van der Waals surface area (Å²) in [6.45, 7) is 5.50. The Balaban J connectivity index is 2.01. The predicted octanol–water partition coefficient (Wildman–Crippen LogP) is 3.54. The number of nitrogens with zero attached hydrogens (tertiary/aromatic N) is 1. The number of nitrogens with two attached hydrogens (primary N) is 1. The van der Waals surface area contributed by atoms with Crippen LogP contribution in [0.25, 0.3) is 0 Å². The van der Waals surface area contributed by atoms with Crippen molar-refractivity contribution in [1.82, 2.24) is 4.90 Å². The van der Waals surface area contributed by atoms with E-state index in [2.05, 4.69) is 0 Å². The molecule has 2 unspecified atom stereocenters. The van der Waals surface area contributed by atoms with E-state index in [4.69, 9.17) is 19.9 Å². The monoisotopic (exact) mass is 486 g/mol. The van der Waals surface area contributed by atoms with Gasteiger partial charge in [-0.15, -0.1) is 0 Å². The zero-order chi connectivity index (χ0) is 25.7. The van der Waals surface area contributed by atoms with Crippen LogP contribution in [0.15, 0.2) is 42.1 Å². The van der Waals surface area contributed by atoms with Crippen molar-refractivity contribution in [2.75, 3.05) is 20.8 Å². The molecule has 35 heavy (non-hydrogen) atoms. The van der Waals surface area contributed by atoms with Crippen LogP contribution in [0, 0.1) is 11.6 Å². The average molecular weight is 487 g/mol. The van der Waals surface area contributed by atoms with Crippen LogP contribution < -0.4 is 15.2 Å². The largest absolute Gasteiger partial charge is 0.493 e. The van der Waals surface area contributed by atoms with E-state index in [0.717, 1.165) is 11.6 Å². The smallest absolute Gasteiger partial charge is 0.354 e. The molecule has 0 saturated heterocycles. The molecule has 2 atom stereocenters. The fourth-order valence-electron chi connectivity index (χ4n) is 4.97. The molecule has 0 aromatic heterocycles. The summed E-state index contributed by atoms with van der Waals surface area (Å²) in [6, 6.07) is 5.55. The Kier molecular flexibility index (Phi) is 5.99. The third-order valence-corrected chi connectivity index (χ3v) is 6.37. The maximum atomic E-state index is 15.2. The van der Waals surface area contributed by atoms with Crippen molar-refractivity contribution in [2.45, 2.75) is 44.2 Å². The molecule has 0 fully saturated rings. The van der Waals surface area contributed by atoms with E-state index in [9.17, 15) is 14.0 Å². The Labute approximate surface area is 202 Å². The Morgan fingerprint density at radius 2 is 1.74 bits per heavy atom. The van der Waals surface area contributed by atoms with Crippen LogP contribution in [-0.4, -0.2) is 43.1 Å². The van der Waals surface area contributed by atoms with E-state index < -0.39 is 40.6 Å². The van der Waals surface area contributed by atoms with Gasteiger partial charge in [-0.3, -0.25) is 4.79 Å². The lowest BCUT2D eigenvalue weighted by atomic mass is 9.70. The number of ether oxygens (including phenoxy) is 3. The first-order valence-corrected chi connectivity index (χ1v) is 11.2. The van der Waals surface area contributed by atoms with Crippen LogP contribution in [-0.2, 0) is 26.2 Å². The Morgan fingerprint density at radius 1 is 1.09 bits per heavy atom. The molecule has 9 heteroatoms. The maximum absolute atomic E-state index is 15.2. The van der Waals surface area contributed by atoms with Crippen LogP contribution in [0.3, 0.4) is 0 Å². The molecule has 0 spiro atoms. The average Bonchev–Trinajstić information content (AvgIpc) is 3.14. The molecule has 0 bridgehead atoms. The fourth-order valence-corrected chi connectivity index (χ4v) is 4.97. The molecule has 1 amide bonds. The van der Waals surface area contributed by atoms with Gasteiger partial charge in [0.2, 0.25) is 5.91 Å². The minimum atomic E-state index is -1.82. The van der Waals surface area contributed by atoms with Gasteiger partial charge in [0.05, 0.1) is 20.3 Å². The molecule has 0 radical (unpaired) electrons. The van der Waals surface area contributed by atoms with Crippen molar-refractivity contribution in [3.05, 3.63) is 70.4 Å². The van der Waals surface area contributed by atoms with E-state index in [-0.39, 0.29) is 11.3 Å². The highest BCUT2D eigenvalue weighted by molar-refractivity contribution is 5.97. The molecular weight excluding hydrogens is 458 g/mol. The number of esters is 1. The molecule has 186 valence electrons. The fraction of sp³-hybridized carbons (Fsp3) is 0.385. The Hall–Kier alpha value is -3.62.